The quantitative estimate of drug-likeness (QED) is 0.527. The normalized spacial score (nSPS) is 23.8. The number of nitrogens with zero attached hydrogens (tertiary/aromatic N) is 2. The molecular weight excluding hydrogens is 144 g/mol. The first kappa shape index (κ1) is 6.28. The molecular formula is C7H10N2S. The maximum Gasteiger partial charge on any atom is 0.168 e. The molecule has 0 aromatic heterocycles. The monoisotopic (exact) mass is 154 g/mol. The average molecular weight is 154 g/mol. The summed E-state index contributed by atoms with van der Waals surface area (Å²) in [5.41, 5.74) is 1.39. The third-order valence-corrected chi connectivity index (χ3v) is 3.09. The second-order valence-electron chi connectivity index (χ2n) is 2.56. The topological polar surface area (TPSA) is 15.6 Å². The molecule has 0 N–H and O–H groups in total. The Kier molecular flexibility index (Phi) is 1.27. The highest BCUT2D eigenvalue weighted by Gasteiger charge is 2.26. The van der Waals surface area contributed by atoms with Crippen molar-refractivity contribution in [2.45, 2.75) is 13.8 Å². The Morgan fingerprint density at radius 1 is 1.50 bits per heavy atom. The zero-order chi connectivity index (χ0) is 7.14. The van der Waals surface area contributed by atoms with Crippen LogP contribution in [0.2, 0.25) is 0 Å². The molecule has 0 unspecified atom stereocenters. The van der Waals surface area contributed by atoms with Gasteiger partial charge in [-0.25, -0.2) is 0 Å². The summed E-state index contributed by atoms with van der Waals surface area (Å²) in [6.45, 7) is 6.38. The Morgan fingerprint density at radius 2 is 2.30 bits per heavy atom. The van der Waals surface area contributed by atoms with Crippen molar-refractivity contribution in [3.63, 3.8) is 0 Å². The maximum absolute atomic E-state index is 4.36. The van der Waals surface area contributed by atoms with E-state index < -0.39 is 0 Å². The molecule has 0 fully saturated rings. The fourth-order valence-corrected chi connectivity index (χ4v) is 2.25. The van der Waals surface area contributed by atoms with Crippen molar-refractivity contribution in [2.75, 3.05) is 13.1 Å². The molecule has 0 bridgehead atoms. The van der Waals surface area contributed by atoms with Gasteiger partial charge in [0.05, 0.1) is 6.54 Å². The molecule has 0 aromatic carbocycles. The summed E-state index contributed by atoms with van der Waals surface area (Å²) >= 11 is 1.80. The van der Waals surface area contributed by atoms with E-state index >= 15 is 0 Å². The van der Waals surface area contributed by atoms with E-state index in [1.54, 1.807) is 11.8 Å². The minimum absolute atomic E-state index is 0.979. The lowest BCUT2D eigenvalue weighted by atomic mass is 10.4. The van der Waals surface area contributed by atoms with E-state index in [0.29, 0.717) is 0 Å². The Hall–Kier alpha value is -0.440. The largest absolute Gasteiger partial charge is 0.322 e. The third-order valence-electron chi connectivity index (χ3n) is 1.96. The van der Waals surface area contributed by atoms with E-state index in [2.05, 4.69) is 23.7 Å². The van der Waals surface area contributed by atoms with Crippen LogP contribution in [0.3, 0.4) is 0 Å². The molecule has 0 saturated carbocycles. The van der Waals surface area contributed by atoms with Gasteiger partial charge in [-0.05, 0) is 13.8 Å². The first-order chi connectivity index (χ1) is 4.79. The van der Waals surface area contributed by atoms with Crippen molar-refractivity contribution in [3.05, 3.63) is 10.6 Å². The molecule has 0 atom stereocenters. The number of amidine groups is 1. The first-order valence-electron chi connectivity index (χ1n) is 3.46. The summed E-state index contributed by atoms with van der Waals surface area (Å²) in [5, 5.41) is 1.20. The van der Waals surface area contributed by atoms with Gasteiger partial charge in [0, 0.05) is 17.1 Å². The van der Waals surface area contributed by atoms with Crippen LogP contribution in [0.4, 0.5) is 0 Å². The number of hydrogen-bond donors (Lipinski definition) is 0. The highest BCUT2D eigenvalue weighted by molar-refractivity contribution is 8.17. The Bertz CT molecular complexity index is 230. The van der Waals surface area contributed by atoms with Gasteiger partial charge in [0.15, 0.2) is 5.17 Å². The van der Waals surface area contributed by atoms with Gasteiger partial charge in [-0.15, -0.1) is 0 Å². The van der Waals surface area contributed by atoms with Crippen LogP contribution in [-0.2, 0) is 0 Å². The van der Waals surface area contributed by atoms with Crippen LogP contribution in [0.25, 0.3) is 0 Å². The van der Waals surface area contributed by atoms with Crippen LogP contribution in [0.1, 0.15) is 13.8 Å². The smallest absolute Gasteiger partial charge is 0.168 e. The highest BCUT2D eigenvalue weighted by atomic mass is 32.2. The summed E-state index contributed by atoms with van der Waals surface area (Å²) in [6.07, 6.45) is 0. The molecule has 0 aromatic rings. The lowest BCUT2D eigenvalue weighted by molar-refractivity contribution is 0.572. The third kappa shape index (κ3) is 0.700. The molecule has 54 valence electrons. The molecule has 0 saturated heterocycles. The number of thioether (sulfide) groups is 1. The molecule has 0 amide bonds. The Balaban J connectivity index is 2.33. The zero-order valence-electron chi connectivity index (χ0n) is 6.22. The summed E-state index contributed by atoms with van der Waals surface area (Å²) in [4.78, 5) is 8.06. The number of hydrogen-bond acceptors (Lipinski definition) is 3. The minimum atomic E-state index is 0.979. The van der Waals surface area contributed by atoms with Crippen molar-refractivity contribution in [1.82, 2.24) is 4.90 Å². The Morgan fingerprint density at radius 3 is 3.00 bits per heavy atom. The summed E-state index contributed by atoms with van der Waals surface area (Å²) < 4.78 is 0. The fourth-order valence-electron chi connectivity index (χ4n) is 1.23. The van der Waals surface area contributed by atoms with Crippen LogP contribution < -0.4 is 0 Å². The number of rotatable bonds is 0. The molecule has 2 rings (SSSR count). The number of fused-ring (bicyclic) bond motifs is 1. The molecule has 2 aliphatic heterocycles. The van der Waals surface area contributed by atoms with E-state index in [4.69, 9.17) is 0 Å². The molecule has 2 heterocycles. The molecule has 2 aliphatic rings. The first-order valence-corrected chi connectivity index (χ1v) is 4.28. The average Bonchev–Trinajstić information content (AvgIpc) is 2.41. The second-order valence-corrected chi connectivity index (χ2v) is 3.74. The SMILES string of the molecule is CC1=C(C)N2CCN=C2S1. The molecule has 10 heavy (non-hydrogen) atoms. The van der Waals surface area contributed by atoms with Gasteiger partial charge in [0.25, 0.3) is 0 Å². The van der Waals surface area contributed by atoms with Crippen LogP contribution in [0.15, 0.2) is 15.6 Å². The number of aliphatic imine (C=N–C) groups is 1. The fraction of sp³-hybridized carbons (Fsp3) is 0.571. The van der Waals surface area contributed by atoms with Crippen LogP contribution in [-0.4, -0.2) is 23.2 Å². The summed E-state index contributed by atoms with van der Waals surface area (Å²) in [7, 11) is 0. The van der Waals surface area contributed by atoms with Crippen LogP contribution in [0.5, 0.6) is 0 Å². The maximum atomic E-state index is 4.36. The van der Waals surface area contributed by atoms with Gasteiger partial charge in [0.1, 0.15) is 0 Å². The molecule has 0 radical (unpaired) electrons. The van der Waals surface area contributed by atoms with Gasteiger partial charge in [0.2, 0.25) is 0 Å². The van der Waals surface area contributed by atoms with Crippen molar-refractivity contribution in [3.8, 4) is 0 Å². The van der Waals surface area contributed by atoms with Crippen molar-refractivity contribution < 1.29 is 0 Å². The zero-order valence-corrected chi connectivity index (χ0v) is 7.03. The van der Waals surface area contributed by atoms with E-state index in [1.165, 1.54) is 15.8 Å². The van der Waals surface area contributed by atoms with Gasteiger partial charge in [-0.3, -0.25) is 4.99 Å². The van der Waals surface area contributed by atoms with Gasteiger partial charge in [-0.2, -0.15) is 0 Å². The van der Waals surface area contributed by atoms with Crippen molar-refractivity contribution in [2.24, 2.45) is 4.99 Å². The summed E-state index contributed by atoms with van der Waals surface area (Å²) in [5.74, 6) is 0. The van der Waals surface area contributed by atoms with Gasteiger partial charge >= 0.3 is 0 Å². The van der Waals surface area contributed by atoms with Crippen molar-refractivity contribution >= 4 is 16.9 Å². The highest BCUT2D eigenvalue weighted by Crippen LogP contribution is 2.35. The molecule has 2 nitrogen and oxygen atoms in total. The molecule has 3 heteroatoms. The van der Waals surface area contributed by atoms with Gasteiger partial charge < -0.3 is 4.90 Å². The standard InChI is InChI=1S/C7H10N2S/c1-5-6(2)10-7-8-3-4-9(5)7/h3-4H2,1-2H3. The molecule has 0 aliphatic carbocycles. The lowest BCUT2D eigenvalue weighted by Gasteiger charge is -2.11. The Labute approximate surface area is 65.0 Å². The minimum Gasteiger partial charge on any atom is -0.322 e. The molecule has 0 spiro atoms. The summed E-state index contributed by atoms with van der Waals surface area (Å²) in [6, 6.07) is 0. The van der Waals surface area contributed by atoms with E-state index in [0.717, 1.165) is 13.1 Å². The predicted octanol–water partition coefficient (Wildman–Crippen LogP) is 1.66. The van der Waals surface area contributed by atoms with E-state index in [9.17, 15) is 0 Å². The van der Waals surface area contributed by atoms with E-state index in [1.807, 2.05) is 0 Å². The number of allylic oxidation sites excluding steroid dienone is 2. The van der Waals surface area contributed by atoms with E-state index in [-0.39, 0.29) is 0 Å². The van der Waals surface area contributed by atoms with Gasteiger partial charge in [-0.1, -0.05) is 11.8 Å². The predicted molar refractivity (Wildman–Crippen MR) is 45.0 cm³/mol. The van der Waals surface area contributed by atoms with Crippen LogP contribution >= 0.6 is 11.8 Å². The second kappa shape index (κ2) is 2.02. The van der Waals surface area contributed by atoms with Crippen molar-refractivity contribution in [1.29, 1.82) is 0 Å². The van der Waals surface area contributed by atoms with Crippen LogP contribution in [0, 0.1) is 0 Å². The lowest BCUT2D eigenvalue weighted by Crippen LogP contribution is -2.18.